The summed E-state index contributed by atoms with van der Waals surface area (Å²) in [5.41, 5.74) is 6.38. The first kappa shape index (κ1) is 30.1. The van der Waals surface area contributed by atoms with Crippen molar-refractivity contribution in [2.24, 2.45) is 17.6 Å². The lowest BCUT2D eigenvalue weighted by molar-refractivity contribution is -0.144. The minimum atomic E-state index is -0.644. The number of carbonyl (C=O) groups excluding carboxylic acids is 2. The van der Waals surface area contributed by atoms with Crippen LogP contribution in [0.3, 0.4) is 0 Å². The fraction of sp³-hybridized carbons (Fsp3) is 0.519. The van der Waals surface area contributed by atoms with Gasteiger partial charge in [-0.2, -0.15) is 5.26 Å². The number of rotatable bonds is 12. The molecule has 1 unspecified atom stereocenters. The van der Waals surface area contributed by atoms with Crippen molar-refractivity contribution in [3.05, 3.63) is 41.2 Å². The molecule has 1 aromatic carbocycles. The summed E-state index contributed by atoms with van der Waals surface area (Å²) in [6.07, 6.45) is 0.546. The van der Waals surface area contributed by atoms with Gasteiger partial charge in [0.1, 0.15) is 29.9 Å². The lowest BCUT2D eigenvalue weighted by atomic mass is 10.0. The van der Waals surface area contributed by atoms with Crippen LogP contribution in [0.25, 0.3) is 0 Å². The van der Waals surface area contributed by atoms with Crippen LogP contribution in [0.2, 0.25) is 5.02 Å². The second-order valence-corrected chi connectivity index (χ2v) is 10.8. The number of hydrogen-bond donors (Lipinski definition) is 4. The Hall–Kier alpha value is -3.46. The van der Waals surface area contributed by atoms with Crippen LogP contribution in [-0.4, -0.2) is 64.7 Å². The van der Waals surface area contributed by atoms with Gasteiger partial charge >= 0.3 is 0 Å². The highest BCUT2D eigenvalue weighted by atomic mass is 35.5. The van der Waals surface area contributed by atoms with Crippen molar-refractivity contribution in [3.8, 4) is 6.07 Å². The molecule has 3 rings (SSSR count). The number of carbonyl (C=O) groups is 2. The van der Waals surface area contributed by atoms with Gasteiger partial charge in [0.05, 0.1) is 19.3 Å². The number of benzene rings is 1. The molecule has 12 heteroatoms. The number of nitriles is 1. The molecule has 2 amide bonds. The molecule has 39 heavy (non-hydrogen) atoms. The lowest BCUT2D eigenvalue weighted by Crippen LogP contribution is -2.62. The summed E-state index contributed by atoms with van der Waals surface area (Å²) >= 11 is 5.98. The van der Waals surface area contributed by atoms with Crippen molar-refractivity contribution in [1.29, 1.82) is 5.26 Å². The first-order valence-corrected chi connectivity index (χ1v) is 13.5. The van der Waals surface area contributed by atoms with E-state index in [1.54, 1.807) is 35.2 Å². The van der Waals surface area contributed by atoms with Gasteiger partial charge in [-0.1, -0.05) is 39.3 Å². The monoisotopic (exact) mass is 556 g/mol. The summed E-state index contributed by atoms with van der Waals surface area (Å²) in [6.45, 7) is 9.04. The zero-order valence-electron chi connectivity index (χ0n) is 22.8. The number of nitrogens with one attached hydrogen (secondary N) is 3. The Morgan fingerprint density at radius 2 is 1.77 bits per heavy atom. The molecule has 0 spiro atoms. The minimum Gasteiger partial charge on any atom is -0.376 e. The van der Waals surface area contributed by atoms with E-state index < -0.39 is 24.2 Å². The molecule has 3 atom stereocenters. The van der Waals surface area contributed by atoms with Crippen LogP contribution >= 0.6 is 11.6 Å². The molecule has 1 aliphatic rings. The van der Waals surface area contributed by atoms with Crippen LogP contribution in [0.4, 0.5) is 17.3 Å². The molecule has 5 N–H and O–H groups in total. The maximum absolute atomic E-state index is 13.9. The summed E-state index contributed by atoms with van der Waals surface area (Å²) in [7, 11) is 0. The zero-order valence-corrected chi connectivity index (χ0v) is 23.5. The maximum atomic E-state index is 13.9. The molecule has 0 bridgehead atoms. The van der Waals surface area contributed by atoms with Gasteiger partial charge < -0.3 is 26.0 Å². The third-order valence-corrected chi connectivity index (χ3v) is 6.38. The number of hydrogen-bond acceptors (Lipinski definition) is 9. The third kappa shape index (κ3) is 9.06. The second kappa shape index (κ2) is 14.1. The van der Waals surface area contributed by atoms with Crippen LogP contribution in [0.1, 0.15) is 46.4 Å². The molecule has 11 nitrogen and oxygen atoms in total. The number of nitrogens with two attached hydrogens (primary N) is 1. The van der Waals surface area contributed by atoms with Gasteiger partial charge in [-0.3, -0.25) is 14.9 Å². The molecule has 1 fully saturated rings. The Bertz CT molecular complexity index is 1170. The maximum Gasteiger partial charge on any atom is 0.246 e. The first-order valence-electron chi connectivity index (χ1n) is 13.1. The van der Waals surface area contributed by atoms with Crippen LogP contribution in [0.15, 0.2) is 30.3 Å². The van der Waals surface area contributed by atoms with E-state index in [0.717, 1.165) is 5.69 Å². The minimum absolute atomic E-state index is 0.0453. The molecular formula is C27H37ClN8O3. The Morgan fingerprint density at radius 1 is 1.13 bits per heavy atom. The number of nitrogens with zero attached hydrogens (tertiary/aromatic N) is 4. The second-order valence-electron chi connectivity index (χ2n) is 10.4. The van der Waals surface area contributed by atoms with Crippen LogP contribution in [0.5, 0.6) is 0 Å². The Labute approximate surface area is 234 Å². The number of aromatic nitrogens is 2. The summed E-state index contributed by atoms with van der Waals surface area (Å²) < 4.78 is 5.64. The highest BCUT2D eigenvalue weighted by Crippen LogP contribution is 2.22. The number of primary amides is 1. The molecule has 2 aromatic rings. The lowest BCUT2D eigenvalue weighted by Gasteiger charge is -2.40. The van der Waals surface area contributed by atoms with E-state index in [4.69, 9.17) is 22.1 Å². The van der Waals surface area contributed by atoms with Gasteiger partial charge in [0.2, 0.25) is 17.6 Å². The molecule has 1 aromatic heterocycles. The SMILES string of the molecule is CC(C)C[C@H](NC1COCCN1C(=O)[C@H](CC(C)C)Nc1cc(Nc2ccc(Cl)cc2)nc(C#N)n1)C(N)=O. The zero-order chi connectivity index (χ0) is 28.5. The van der Waals surface area contributed by atoms with Crippen LogP contribution in [0, 0.1) is 23.2 Å². The molecule has 0 saturated carbocycles. The van der Waals surface area contributed by atoms with Crippen molar-refractivity contribution in [2.75, 3.05) is 30.4 Å². The number of amides is 2. The van der Waals surface area contributed by atoms with Crippen molar-refractivity contribution in [2.45, 2.75) is 58.8 Å². The van der Waals surface area contributed by atoms with E-state index >= 15 is 0 Å². The van der Waals surface area contributed by atoms with Crippen molar-refractivity contribution < 1.29 is 14.3 Å². The van der Waals surface area contributed by atoms with Gasteiger partial charge in [-0.15, -0.1) is 0 Å². The van der Waals surface area contributed by atoms with Gasteiger partial charge in [0, 0.05) is 23.3 Å². The predicted molar refractivity (Wildman–Crippen MR) is 150 cm³/mol. The van der Waals surface area contributed by atoms with E-state index in [9.17, 15) is 14.9 Å². The predicted octanol–water partition coefficient (Wildman–Crippen LogP) is 3.25. The number of anilines is 3. The Morgan fingerprint density at radius 3 is 2.38 bits per heavy atom. The van der Waals surface area contributed by atoms with Gasteiger partial charge in [0.15, 0.2) is 0 Å². The summed E-state index contributed by atoms with van der Waals surface area (Å²) in [5.74, 6) is 0.474. The van der Waals surface area contributed by atoms with Gasteiger partial charge in [-0.25, -0.2) is 9.97 Å². The van der Waals surface area contributed by atoms with Crippen molar-refractivity contribution >= 4 is 40.7 Å². The smallest absolute Gasteiger partial charge is 0.246 e. The Kier molecular flexibility index (Phi) is 10.9. The topological polar surface area (TPSA) is 158 Å². The fourth-order valence-corrected chi connectivity index (χ4v) is 4.49. The largest absolute Gasteiger partial charge is 0.376 e. The van der Waals surface area contributed by atoms with E-state index in [2.05, 4.69) is 25.9 Å². The molecule has 1 saturated heterocycles. The molecular weight excluding hydrogens is 520 g/mol. The van der Waals surface area contributed by atoms with Gasteiger partial charge in [0.25, 0.3) is 0 Å². The molecule has 210 valence electrons. The normalized spacial score (nSPS) is 17.0. The average Bonchev–Trinajstić information content (AvgIpc) is 2.88. The third-order valence-electron chi connectivity index (χ3n) is 6.13. The van der Waals surface area contributed by atoms with Crippen molar-refractivity contribution in [1.82, 2.24) is 20.2 Å². The van der Waals surface area contributed by atoms with Crippen molar-refractivity contribution in [3.63, 3.8) is 0 Å². The summed E-state index contributed by atoms with van der Waals surface area (Å²) in [6, 6.07) is 9.45. The average molecular weight is 557 g/mol. The molecule has 2 heterocycles. The molecule has 0 aliphatic carbocycles. The van der Waals surface area contributed by atoms with Crippen LogP contribution < -0.4 is 21.7 Å². The summed E-state index contributed by atoms with van der Waals surface area (Å²) in [5, 5.41) is 19.7. The van der Waals surface area contributed by atoms with E-state index in [1.807, 2.05) is 33.8 Å². The van der Waals surface area contributed by atoms with E-state index in [0.29, 0.717) is 42.7 Å². The van der Waals surface area contributed by atoms with E-state index in [1.165, 1.54) is 0 Å². The molecule has 0 radical (unpaired) electrons. The fourth-order valence-electron chi connectivity index (χ4n) is 4.36. The highest BCUT2D eigenvalue weighted by Gasteiger charge is 2.35. The molecule has 1 aliphatic heterocycles. The van der Waals surface area contributed by atoms with E-state index in [-0.39, 0.29) is 30.2 Å². The quantitative estimate of drug-likeness (QED) is 0.308. The van der Waals surface area contributed by atoms with Gasteiger partial charge in [-0.05, 0) is 48.9 Å². The first-order chi connectivity index (χ1) is 18.5. The standard InChI is InChI=1S/C27H37ClN8O3/c1-16(2)11-20(26(30)37)33-25-15-39-10-9-36(25)27(38)21(12-17(3)4)32-23-13-22(34-24(14-29)35-23)31-19-7-5-18(28)6-8-19/h5-8,13,16-17,20-21,25,33H,9-12,15H2,1-4H3,(H2,30,37)(H2,31,32,34,35)/t20-,21-,25?/m0/s1. The summed E-state index contributed by atoms with van der Waals surface area (Å²) in [4.78, 5) is 36.2. The van der Waals surface area contributed by atoms with Crippen LogP contribution in [-0.2, 0) is 14.3 Å². The Balaban J connectivity index is 1.84. The number of morpholine rings is 1. The number of halogens is 1. The number of ether oxygens (including phenoxy) is 1. The highest BCUT2D eigenvalue weighted by molar-refractivity contribution is 6.30.